The molecule has 2 N–H and O–H groups in total. The number of aryl methyl sites for hydroxylation is 1. The highest BCUT2D eigenvalue weighted by Crippen LogP contribution is 2.42. The van der Waals surface area contributed by atoms with Gasteiger partial charge in [0.1, 0.15) is 0 Å². The van der Waals surface area contributed by atoms with Gasteiger partial charge in [0.15, 0.2) is 5.13 Å². The maximum atomic E-state index is 11.3. The fourth-order valence-electron chi connectivity index (χ4n) is 3.46. The number of thiazole rings is 1. The molecule has 0 radical (unpaired) electrons. The molecule has 2 aliphatic carbocycles. The van der Waals surface area contributed by atoms with Crippen LogP contribution < -0.4 is 10.7 Å². The quantitative estimate of drug-likeness (QED) is 0.824. The van der Waals surface area contributed by atoms with Gasteiger partial charge in [-0.3, -0.25) is 9.80 Å². The average Bonchev–Trinajstić information content (AvgIpc) is 3.09. The van der Waals surface area contributed by atoms with E-state index >= 15 is 0 Å². The molecule has 116 valence electrons. The molecular formula is C16H20N4OS. The second-order valence-electron chi connectivity index (χ2n) is 6.06. The van der Waals surface area contributed by atoms with Crippen molar-refractivity contribution in [2.75, 3.05) is 11.9 Å². The second kappa shape index (κ2) is 5.52. The Morgan fingerprint density at radius 3 is 3.18 bits per heavy atom. The first-order valence-corrected chi connectivity index (χ1v) is 8.73. The Hall–Kier alpha value is -1.66. The molecule has 0 saturated carbocycles. The van der Waals surface area contributed by atoms with E-state index in [1.807, 2.05) is 0 Å². The number of allylic oxidation sites excluding steroid dienone is 1. The van der Waals surface area contributed by atoms with Crippen LogP contribution in [0.5, 0.6) is 0 Å². The predicted octanol–water partition coefficient (Wildman–Crippen LogP) is 2.69. The van der Waals surface area contributed by atoms with Crippen molar-refractivity contribution < 1.29 is 4.79 Å². The molecule has 1 unspecified atom stereocenters. The highest BCUT2D eigenvalue weighted by Gasteiger charge is 2.34. The predicted molar refractivity (Wildman–Crippen MR) is 88.3 cm³/mol. The number of aromatic nitrogens is 1. The van der Waals surface area contributed by atoms with Crippen LogP contribution in [0.2, 0.25) is 0 Å². The number of hydrogen-bond acceptors (Lipinski definition) is 5. The lowest BCUT2D eigenvalue weighted by molar-refractivity contribution is -0.114. The van der Waals surface area contributed by atoms with E-state index < -0.39 is 0 Å². The first kappa shape index (κ1) is 14.0. The van der Waals surface area contributed by atoms with E-state index in [1.54, 1.807) is 11.3 Å². The Kier molecular flexibility index (Phi) is 3.50. The van der Waals surface area contributed by atoms with Crippen LogP contribution in [0.4, 0.5) is 5.13 Å². The minimum atomic E-state index is -0.0584. The monoisotopic (exact) mass is 316 g/mol. The molecule has 1 atom stereocenters. The molecule has 0 fully saturated rings. The summed E-state index contributed by atoms with van der Waals surface area (Å²) in [6.07, 6.45) is 10.3. The summed E-state index contributed by atoms with van der Waals surface area (Å²) in [6, 6.07) is 0.429. The normalized spacial score (nSPS) is 23.5. The first-order valence-electron chi connectivity index (χ1n) is 7.91. The van der Waals surface area contributed by atoms with Gasteiger partial charge >= 0.3 is 0 Å². The first-order chi connectivity index (χ1) is 10.7. The lowest BCUT2D eigenvalue weighted by Crippen LogP contribution is -2.40. The third-order valence-electron chi connectivity index (χ3n) is 4.46. The van der Waals surface area contributed by atoms with Crippen LogP contribution in [0.1, 0.15) is 43.2 Å². The van der Waals surface area contributed by atoms with Gasteiger partial charge in [-0.15, -0.1) is 0 Å². The SMILES string of the molecule is CC(=O)Nc1nc2c(s1)C1=C(CC2)CNN1C1C=CCCC1. The Bertz CT molecular complexity index is 676. The molecule has 0 bridgehead atoms. The summed E-state index contributed by atoms with van der Waals surface area (Å²) >= 11 is 1.60. The van der Waals surface area contributed by atoms with Gasteiger partial charge in [-0.1, -0.05) is 23.5 Å². The van der Waals surface area contributed by atoms with Crippen molar-refractivity contribution in [3.8, 4) is 0 Å². The smallest absolute Gasteiger partial charge is 0.223 e. The van der Waals surface area contributed by atoms with Crippen LogP contribution >= 0.6 is 11.3 Å². The van der Waals surface area contributed by atoms with Gasteiger partial charge in [0.2, 0.25) is 5.91 Å². The van der Waals surface area contributed by atoms with E-state index in [0.29, 0.717) is 6.04 Å². The number of hydrazine groups is 1. The van der Waals surface area contributed by atoms with Crippen molar-refractivity contribution in [1.82, 2.24) is 15.4 Å². The van der Waals surface area contributed by atoms with Crippen LogP contribution in [0.15, 0.2) is 17.7 Å². The number of rotatable bonds is 2. The molecule has 3 aliphatic rings. The van der Waals surface area contributed by atoms with Gasteiger partial charge in [0, 0.05) is 13.5 Å². The van der Waals surface area contributed by atoms with E-state index in [9.17, 15) is 4.79 Å². The number of fused-ring (bicyclic) bond motifs is 2. The van der Waals surface area contributed by atoms with Crippen LogP contribution in [0.25, 0.3) is 5.70 Å². The minimum Gasteiger partial charge on any atom is -0.302 e. The maximum Gasteiger partial charge on any atom is 0.223 e. The molecule has 1 aliphatic heterocycles. The lowest BCUT2D eigenvalue weighted by atomic mass is 9.97. The summed E-state index contributed by atoms with van der Waals surface area (Å²) in [6.45, 7) is 2.47. The molecule has 2 heterocycles. The Morgan fingerprint density at radius 2 is 2.41 bits per heavy atom. The zero-order valence-corrected chi connectivity index (χ0v) is 13.5. The van der Waals surface area contributed by atoms with Crippen LogP contribution in [0, 0.1) is 0 Å². The van der Waals surface area contributed by atoms with Gasteiger partial charge in [-0.2, -0.15) is 0 Å². The Balaban J connectivity index is 1.68. The third-order valence-corrected chi connectivity index (χ3v) is 5.48. The average molecular weight is 316 g/mol. The standard InChI is InChI=1S/C16H20N4OS/c1-10(21)18-16-19-13-8-7-11-9-17-20(14(11)15(13)22-16)12-5-3-2-4-6-12/h3,5,12,17H,2,4,6-9H2,1H3,(H,18,19,21). The van der Waals surface area contributed by atoms with Crippen LogP contribution in [-0.2, 0) is 11.2 Å². The summed E-state index contributed by atoms with van der Waals surface area (Å²) in [5.74, 6) is -0.0584. The van der Waals surface area contributed by atoms with Crippen LogP contribution in [0.3, 0.4) is 0 Å². The minimum absolute atomic E-state index is 0.0584. The summed E-state index contributed by atoms with van der Waals surface area (Å²) < 4.78 is 0. The van der Waals surface area contributed by atoms with Crippen molar-refractivity contribution in [3.05, 3.63) is 28.3 Å². The van der Waals surface area contributed by atoms with Crippen molar-refractivity contribution >= 4 is 28.1 Å². The number of nitrogens with one attached hydrogen (secondary N) is 2. The highest BCUT2D eigenvalue weighted by molar-refractivity contribution is 7.17. The molecule has 1 aromatic heterocycles. The van der Waals surface area contributed by atoms with Gasteiger partial charge in [0.05, 0.1) is 22.3 Å². The molecule has 0 aromatic carbocycles. The molecule has 1 amide bonds. The molecule has 4 rings (SSSR count). The van der Waals surface area contributed by atoms with Gasteiger partial charge < -0.3 is 5.32 Å². The molecule has 6 heteroatoms. The number of hydrogen-bond donors (Lipinski definition) is 2. The Morgan fingerprint density at radius 1 is 1.50 bits per heavy atom. The van der Waals surface area contributed by atoms with E-state index in [1.165, 1.54) is 42.3 Å². The summed E-state index contributed by atoms with van der Waals surface area (Å²) in [5, 5.41) is 5.88. The zero-order chi connectivity index (χ0) is 15.1. The summed E-state index contributed by atoms with van der Waals surface area (Å²) in [7, 11) is 0. The number of carbonyl (C=O) groups excluding carboxylic acids is 1. The van der Waals surface area contributed by atoms with Crippen LogP contribution in [-0.4, -0.2) is 28.5 Å². The molecule has 22 heavy (non-hydrogen) atoms. The topological polar surface area (TPSA) is 57.3 Å². The fourth-order valence-corrected chi connectivity index (χ4v) is 4.61. The molecular weight excluding hydrogens is 296 g/mol. The van der Waals surface area contributed by atoms with E-state index in [2.05, 4.69) is 32.9 Å². The number of anilines is 1. The largest absolute Gasteiger partial charge is 0.302 e. The highest BCUT2D eigenvalue weighted by atomic mass is 32.1. The second-order valence-corrected chi connectivity index (χ2v) is 7.06. The van der Waals surface area contributed by atoms with Crippen molar-refractivity contribution in [1.29, 1.82) is 0 Å². The lowest BCUT2D eigenvalue weighted by Gasteiger charge is -2.32. The molecule has 5 nitrogen and oxygen atoms in total. The number of nitrogens with zero attached hydrogens (tertiary/aromatic N) is 2. The van der Waals surface area contributed by atoms with Gasteiger partial charge in [0.25, 0.3) is 0 Å². The molecule has 0 saturated heterocycles. The van der Waals surface area contributed by atoms with Crippen molar-refractivity contribution in [2.24, 2.45) is 0 Å². The van der Waals surface area contributed by atoms with E-state index in [0.717, 1.165) is 30.2 Å². The van der Waals surface area contributed by atoms with E-state index in [-0.39, 0.29) is 5.91 Å². The number of amides is 1. The fraction of sp³-hybridized carbons (Fsp3) is 0.500. The zero-order valence-electron chi connectivity index (χ0n) is 12.7. The summed E-state index contributed by atoms with van der Waals surface area (Å²) in [5.41, 5.74) is 7.47. The van der Waals surface area contributed by atoms with E-state index in [4.69, 9.17) is 0 Å². The third kappa shape index (κ3) is 2.36. The molecule has 1 aromatic rings. The maximum absolute atomic E-state index is 11.3. The van der Waals surface area contributed by atoms with Gasteiger partial charge in [-0.05, 0) is 37.7 Å². The number of carbonyl (C=O) groups is 1. The summed E-state index contributed by atoms with van der Waals surface area (Å²) in [4.78, 5) is 17.1. The molecule has 0 spiro atoms. The van der Waals surface area contributed by atoms with Crippen molar-refractivity contribution in [3.63, 3.8) is 0 Å². The van der Waals surface area contributed by atoms with Crippen molar-refractivity contribution in [2.45, 2.75) is 45.1 Å². The van der Waals surface area contributed by atoms with Gasteiger partial charge in [-0.25, -0.2) is 10.4 Å². The Labute approximate surface area is 134 Å².